The van der Waals surface area contributed by atoms with E-state index in [0.29, 0.717) is 17.8 Å². The van der Waals surface area contributed by atoms with Crippen LogP contribution in [-0.4, -0.2) is 10.2 Å². The second kappa shape index (κ2) is 5.21. The van der Waals surface area contributed by atoms with E-state index in [-0.39, 0.29) is 0 Å². The van der Waals surface area contributed by atoms with Crippen LogP contribution in [0.25, 0.3) is 0 Å². The lowest BCUT2D eigenvalue weighted by atomic mass is 9.94. The van der Waals surface area contributed by atoms with E-state index in [4.69, 9.17) is 4.42 Å². The van der Waals surface area contributed by atoms with Crippen LogP contribution in [0.1, 0.15) is 43.7 Å². The summed E-state index contributed by atoms with van der Waals surface area (Å²) in [7, 11) is 0. The molecular weight excluding hydrogens is 226 g/mol. The van der Waals surface area contributed by atoms with E-state index in [1.807, 2.05) is 6.07 Å². The molecule has 1 aromatic carbocycles. The van der Waals surface area contributed by atoms with Crippen LogP contribution in [-0.2, 0) is 6.42 Å². The predicted molar refractivity (Wildman–Crippen MR) is 72.2 cm³/mol. The molecule has 4 nitrogen and oxygen atoms in total. The number of hydrogen-bond acceptors (Lipinski definition) is 4. The largest absolute Gasteiger partial charge is 0.408 e. The molecule has 2 aromatic rings. The Balaban J connectivity index is 2.37. The molecule has 1 N–H and O–H groups in total. The molecule has 0 radical (unpaired) electrons. The Kier molecular flexibility index (Phi) is 3.65. The highest BCUT2D eigenvalue weighted by molar-refractivity contribution is 5.61. The van der Waals surface area contributed by atoms with Crippen LogP contribution in [0.5, 0.6) is 0 Å². The van der Waals surface area contributed by atoms with Gasteiger partial charge in [0.2, 0.25) is 5.89 Å². The quantitative estimate of drug-likeness (QED) is 0.890. The third-order valence-corrected chi connectivity index (χ3v) is 2.92. The summed E-state index contributed by atoms with van der Waals surface area (Å²) in [6, 6.07) is 6.71. The maximum absolute atomic E-state index is 5.36. The zero-order chi connectivity index (χ0) is 13.1. The summed E-state index contributed by atoms with van der Waals surface area (Å²) in [5.41, 5.74) is 3.72. The van der Waals surface area contributed by atoms with E-state index in [0.717, 1.165) is 12.1 Å². The molecule has 0 bridgehead atoms. The molecule has 18 heavy (non-hydrogen) atoms. The first kappa shape index (κ1) is 12.6. The van der Waals surface area contributed by atoms with Crippen molar-refractivity contribution in [3.63, 3.8) is 0 Å². The van der Waals surface area contributed by atoms with Crippen LogP contribution >= 0.6 is 0 Å². The Hall–Kier alpha value is -1.84. The molecular formula is C14H19N3O. The minimum atomic E-state index is 0.447. The van der Waals surface area contributed by atoms with E-state index in [2.05, 4.69) is 48.4 Å². The Morgan fingerprint density at radius 2 is 2.06 bits per heavy atom. The summed E-state index contributed by atoms with van der Waals surface area (Å²) >= 11 is 0. The Bertz CT molecular complexity index is 532. The monoisotopic (exact) mass is 245 g/mol. The fourth-order valence-corrected chi connectivity index (χ4v) is 2.17. The van der Waals surface area contributed by atoms with E-state index >= 15 is 0 Å². The van der Waals surface area contributed by atoms with Gasteiger partial charge in [0, 0.05) is 12.6 Å². The van der Waals surface area contributed by atoms with Crippen LogP contribution in [0.15, 0.2) is 22.6 Å². The summed E-state index contributed by atoms with van der Waals surface area (Å²) < 4.78 is 5.36. The zero-order valence-electron chi connectivity index (χ0n) is 11.3. The number of aryl methyl sites for hydroxylation is 2. The van der Waals surface area contributed by atoms with Gasteiger partial charge < -0.3 is 9.73 Å². The van der Waals surface area contributed by atoms with Gasteiger partial charge in [0.25, 0.3) is 0 Å². The van der Waals surface area contributed by atoms with Gasteiger partial charge in [-0.15, -0.1) is 5.10 Å². The van der Waals surface area contributed by atoms with Crippen LogP contribution in [0.3, 0.4) is 0 Å². The van der Waals surface area contributed by atoms with Crippen molar-refractivity contribution in [2.45, 2.75) is 40.0 Å². The molecule has 2 rings (SSSR count). The standard InChI is InChI=1S/C14H19N3O/c1-5-11-7-6-8-12(13(11)9(2)3)15-14-17-16-10(4)18-14/h6-9H,5H2,1-4H3,(H,15,17). The van der Waals surface area contributed by atoms with Gasteiger partial charge in [-0.3, -0.25) is 0 Å². The van der Waals surface area contributed by atoms with Gasteiger partial charge in [0.15, 0.2) is 0 Å². The van der Waals surface area contributed by atoms with Crippen molar-refractivity contribution in [1.29, 1.82) is 0 Å². The maximum atomic E-state index is 5.36. The highest BCUT2D eigenvalue weighted by Gasteiger charge is 2.12. The molecule has 0 atom stereocenters. The van der Waals surface area contributed by atoms with Crippen LogP contribution < -0.4 is 5.32 Å². The number of hydrogen-bond donors (Lipinski definition) is 1. The number of rotatable bonds is 4. The number of nitrogens with one attached hydrogen (secondary N) is 1. The molecule has 4 heteroatoms. The number of nitrogens with zero attached hydrogens (tertiary/aromatic N) is 2. The first-order valence-corrected chi connectivity index (χ1v) is 6.30. The number of aromatic nitrogens is 2. The fourth-order valence-electron chi connectivity index (χ4n) is 2.17. The van der Waals surface area contributed by atoms with Gasteiger partial charge in [-0.05, 0) is 29.5 Å². The molecule has 1 heterocycles. The Labute approximate surface area is 107 Å². The van der Waals surface area contributed by atoms with Crippen molar-refractivity contribution < 1.29 is 4.42 Å². The first-order chi connectivity index (χ1) is 8.61. The molecule has 0 saturated heterocycles. The van der Waals surface area contributed by atoms with Crippen LogP contribution in [0, 0.1) is 6.92 Å². The molecule has 0 aliphatic carbocycles. The smallest absolute Gasteiger partial charge is 0.320 e. The molecule has 0 spiro atoms. The molecule has 0 aliphatic rings. The van der Waals surface area contributed by atoms with Crippen molar-refractivity contribution in [3.8, 4) is 0 Å². The zero-order valence-corrected chi connectivity index (χ0v) is 11.3. The lowest BCUT2D eigenvalue weighted by Crippen LogP contribution is -2.02. The van der Waals surface area contributed by atoms with Gasteiger partial charge in [0.1, 0.15) is 0 Å². The van der Waals surface area contributed by atoms with Crippen molar-refractivity contribution in [2.24, 2.45) is 0 Å². The molecule has 96 valence electrons. The molecule has 1 aromatic heterocycles. The Morgan fingerprint density at radius 3 is 2.61 bits per heavy atom. The van der Waals surface area contributed by atoms with Gasteiger partial charge in [-0.2, -0.15) is 0 Å². The van der Waals surface area contributed by atoms with Crippen LogP contribution in [0.2, 0.25) is 0 Å². The summed E-state index contributed by atoms with van der Waals surface area (Å²) in [6.07, 6.45) is 1.02. The van der Waals surface area contributed by atoms with Crippen molar-refractivity contribution in [2.75, 3.05) is 5.32 Å². The Morgan fingerprint density at radius 1 is 1.28 bits per heavy atom. The predicted octanol–water partition coefficient (Wildman–Crippen LogP) is 3.81. The van der Waals surface area contributed by atoms with Crippen molar-refractivity contribution in [3.05, 3.63) is 35.2 Å². The van der Waals surface area contributed by atoms with Gasteiger partial charge >= 0.3 is 6.01 Å². The number of anilines is 2. The average Bonchev–Trinajstić information content (AvgIpc) is 2.74. The molecule has 0 unspecified atom stereocenters. The third-order valence-electron chi connectivity index (χ3n) is 2.92. The summed E-state index contributed by atoms with van der Waals surface area (Å²) in [6.45, 7) is 8.34. The minimum Gasteiger partial charge on any atom is -0.408 e. The summed E-state index contributed by atoms with van der Waals surface area (Å²) in [5, 5.41) is 11.0. The second-order valence-electron chi connectivity index (χ2n) is 4.64. The highest BCUT2D eigenvalue weighted by Crippen LogP contribution is 2.30. The summed E-state index contributed by atoms with van der Waals surface area (Å²) in [5.74, 6) is 1.02. The topological polar surface area (TPSA) is 51.0 Å². The summed E-state index contributed by atoms with van der Waals surface area (Å²) in [4.78, 5) is 0. The highest BCUT2D eigenvalue weighted by atomic mass is 16.4. The van der Waals surface area contributed by atoms with Crippen molar-refractivity contribution >= 4 is 11.7 Å². The second-order valence-corrected chi connectivity index (χ2v) is 4.64. The lowest BCUT2D eigenvalue weighted by molar-refractivity contribution is 0.535. The molecule has 0 aliphatic heterocycles. The van der Waals surface area contributed by atoms with E-state index in [1.165, 1.54) is 11.1 Å². The van der Waals surface area contributed by atoms with Gasteiger partial charge in [-0.25, -0.2) is 0 Å². The maximum Gasteiger partial charge on any atom is 0.320 e. The molecule has 0 saturated carbocycles. The average molecular weight is 245 g/mol. The van der Waals surface area contributed by atoms with Gasteiger partial charge in [-0.1, -0.05) is 38.0 Å². The molecule has 0 amide bonds. The minimum absolute atomic E-state index is 0.447. The van der Waals surface area contributed by atoms with Crippen LogP contribution in [0.4, 0.5) is 11.7 Å². The molecule has 0 fully saturated rings. The van der Waals surface area contributed by atoms with Gasteiger partial charge in [0.05, 0.1) is 0 Å². The fraction of sp³-hybridized carbons (Fsp3) is 0.429. The van der Waals surface area contributed by atoms with E-state index in [9.17, 15) is 0 Å². The SMILES string of the molecule is CCc1cccc(Nc2nnc(C)o2)c1C(C)C. The first-order valence-electron chi connectivity index (χ1n) is 6.30. The van der Waals surface area contributed by atoms with Crippen molar-refractivity contribution in [1.82, 2.24) is 10.2 Å². The van der Waals surface area contributed by atoms with E-state index < -0.39 is 0 Å². The number of benzene rings is 1. The normalized spacial score (nSPS) is 10.9. The third kappa shape index (κ3) is 2.53. The van der Waals surface area contributed by atoms with E-state index in [1.54, 1.807) is 6.92 Å². The lowest BCUT2D eigenvalue weighted by Gasteiger charge is -2.16.